The van der Waals surface area contributed by atoms with Crippen LogP contribution in [0.15, 0.2) is 11.6 Å². The van der Waals surface area contributed by atoms with E-state index in [1.165, 1.54) is 5.57 Å². The topological polar surface area (TPSA) is 377 Å². The zero-order valence-electron chi connectivity index (χ0n) is 45.8. The first-order valence-corrected chi connectivity index (χ1v) is 27.9. The minimum Gasteiger partial charge on any atom is -0.394 e. The monoisotopic (exact) mass is 1110 g/mol. The molecular formula is C54H92O23. The van der Waals surface area contributed by atoms with E-state index in [-0.39, 0.29) is 47.3 Å². The van der Waals surface area contributed by atoms with Crippen molar-refractivity contribution in [3.8, 4) is 0 Å². The molecule has 3 saturated carbocycles. The highest BCUT2D eigenvalue weighted by Gasteiger charge is 2.70. The van der Waals surface area contributed by atoms with Gasteiger partial charge in [0.15, 0.2) is 25.2 Å². The fourth-order valence-electron chi connectivity index (χ4n) is 15.7. The zero-order chi connectivity index (χ0) is 56.6. The lowest BCUT2D eigenvalue weighted by Crippen LogP contribution is -2.66. The van der Waals surface area contributed by atoms with E-state index in [9.17, 15) is 76.6 Å². The molecule has 4 saturated heterocycles. The van der Waals surface area contributed by atoms with Gasteiger partial charge in [0.1, 0.15) is 85.5 Å². The van der Waals surface area contributed by atoms with Crippen molar-refractivity contribution in [2.24, 2.45) is 45.3 Å². The lowest BCUT2D eigenvalue weighted by Gasteiger charge is -2.67. The first-order chi connectivity index (χ1) is 36.0. The van der Waals surface area contributed by atoms with Gasteiger partial charge in [-0.25, -0.2) is 0 Å². The van der Waals surface area contributed by atoms with Gasteiger partial charge < -0.3 is 114 Å². The normalized spacial score (nSPS) is 51.0. The number of ether oxygens (including phenoxy) is 8. The summed E-state index contributed by atoms with van der Waals surface area (Å²) < 4.78 is 48.5. The molecular weight excluding hydrogens is 1020 g/mol. The molecule has 3 unspecified atom stereocenters. The van der Waals surface area contributed by atoms with Gasteiger partial charge in [-0.3, -0.25) is 0 Å². The summed E-state index contributed by atoms with van der Waals surface area (Å²) in [5.74, 6) is 0.291. The molecule has 0 spiro atoms. The first-order valence-electron chi connectivity index (χ1n) is 27.9. The molecule has 0 amide bonds. The van der Waals surface area contributed by atoms with Crippen LogP contribution in [0.25, 0.3) is 0 Å². The maximum atomic E-state index is 12.7. The Bertz CT molecular complexity index is 1990. The minimum absolute atomic E-state index is 0.0181. The number of aliphatic hydroxyl groups excluding tert-OH is 14. The molecule has 8 rings (SSSR count). The third kappa shape index (κ3) is 11.0. The molecule has 23 heteroatoms. The van der Waals surface area contributed by atoms with Gasteiger partial charge in [0.2, 0.25) is 0 Å². The average molecular weight is 1110 g/mol. The second kappa shape index (κ2) is 23.5. The molecule has 77 heavy (non-hydrogen) atoms. The Kier molecular flexibility index (Phi) is 18.9. The van der Waals surface area contributed by atoms with Crippen molar-refractivity contribution in [3.63, 3.8) is 0 Å². The largest absolute Gasteiger partial charge is 0.394 e. The summed E-state index contributed by atoms with van der Waals surface area (Å²) in [6, 6.07) is 0. The van der Waals surface area contributed by atoms with Gasteiger partial charge in [0.05, 0.1) is 56.4 Å². The third-order valence-electron chi connectivity index (χ3n) is 20.7. The smallest absolute Gasteiger partial charge is 0.187 e. The van der Waals surface area contributed by atoms with E-state index in [1.807, 2.05) is 0 Å². The molecule has 23 nitrogen and oxygen atoms in total. The molecule has 4 aliphatic heterocycles. The number of hydrogen-bond acceptors (Lipinski definition) is 23. The summed E-state index contributed by atoms with van der Waals surface area (Å²) >= 11 is 0. The van der Waals surface area contributed by atoms with Gasteiger partial charge in [0, 0.05) is 17.3 Å². The third-order valence-corrected chi connectivity index (χ3v) is 20.7. The van der Waals surface area contributed by atoms with Crippen LogP contribution in [0, 0.1) is 45.3 Å². The van der Waals surface area contributed by atoms with Gasteiger partial charge in [-0.2, -0.15) is 0 Å². The molecule has 0 aromatic rings. The van der Waals surface area contributed by atoms with Crippen LogP contribution in [0.2, 0.25) is 0 Å². The number of allylic oxidation sites excluding steroid dienone is 1. The molecule has 15 N–H and O–H groups in total. The molecule has 8 aliphatic rings. The van der Waals surface area contributed by atoms with Gasteiger partial charge in [-0.1, -0.05) is 53.2 Å². The average Bonchev–Trinajstić information content (AvgIpc) is 3.77. The van der Waals surface area contributed by atoms with Crippen LogP contribution in [-0.4, -0.2) is 244 Å². The second-order valence-corrected chi connectivity index (χ2v) is 25.7. The van der Waals surface area contributed by atoms with Crippen LogP contribution in [0.5, 0.6) is 0 Å². The van der Waals surface area contributed by atoms with Crippen LogP contribution < -0.4 is 0 Å². The Hall–Kier alpha value is -1.18. The highest BCUT2D eigenvalue weighted by Crippen LogP contribution is 2.75. The number of aliphatic hydroxyl groups is 15. The Morgan fingerprint density at radius 2 is 1.14 bits per heavy atom. The van der Waals surface area contributed by atoms with Crippen molar-refractivity contribution in [1.29, 1.82) is 0 Å². The second-order valence-electron chi connectivity index (χ2n) is 25.7. The molecule has 446 valence electrons. The molecule has 0 aromatic heterocycles. The van der Waals surface area contributed by atoms with Gasteiger partial charge >= 0.3 is 0 Å². The molecule has 7 fully saturated rings. The predicted molar refractivity (Wildman–Crippen MR) is 266 cm³/mol. The molecule has 29 atom stereocenters. The number of fused-ring (bicyclic) bond motifs is 5. The van der Waals surface area contributed by atoms with Crippen molar-refractivity contribution in [2.75, 3.05) is 26.4 Å². The van der Waals surface area contributed by atoms with E-state index in [0.717, 1.165) is 19.3 Å². The van der Waals surface area contributed by atoms with E-state index < -0.39 is 178 Å². The summed E-state index contributed by atoms with van der Waals surface area (Å²) in [5, 5.41) is 162. The maximum Gasteiger partial charge on any atom is 0.187 e. The molecule has 0 aromatic carbocycles. The van der Waals surface area contributed by atoms with Crippen molar-refractivity contribution in [2.45, 2.75) is 254 Å². The van der Waals surface area contributed by atoms with E-state index in [0.29, 0.717) is 25.7 Å². The number of hydrogen-bond donors (Lipinski definition) is 15. The van der Waals surface area contributed by atoms with E-state index >= 15 is 0 Å². The van der Waals surface area contributed by atoms with Gasteiger partial charge in [-0.05, 0) is 99.7 Å². The molecule has 0 radical (unpaired) electrons. The van der Waals surface area contributed by atoms with Crippen molar-refractivity contribution >= 4 is 0 Å². The summed E-state index contributed by atoms with van der Waals surface area (Å²) in [6.07, 6.45) is -24.3. The lowest BCUT2D eigenvalue weighted by molar-refractivity contribution is -0.390. The van der Waals surface area contributed by atoms with E-state index in [1.54, 1.807) is 13.8 Å². The predicted octanol–water partition coefficient (Wildman–Crippen LogP) is -2.20. The van der Waals surface area contributed by atoms with Crippen LogP contribution >= 0.6 is 0 Å². The summed E-state index contributed by atoms with van der Waals surface area (Å²) in [5.41, 5.74) is -1.97. The van der Waals surface area contributed by atoms with Crippen molar-refractivity contribution in [3.05, 3.63) is 11.6 Å². The summed E-state index contributed by atoms with van der Waals surface area (Å²) in [4.78, 5) is 0. The molecule has 4 aliphatic carbocycles. The Labute approximate surface area is 450 Å². The van der Waals surface area contributed by atoms with Crippen LogP contribution in [0.1, 0.15) is 113 Å². The Balaban J connectivity index is 0.991. The zero-order valence-corrected chi connectivity index (χ0v) is 45.8. The lowest BCUT2D eigenvalue weighted by atomic mass is 9.38. The van der Waals surface area contributed by atoms with Crippen molar-refractivity contribution < 1.29 is 114 Å². The Morgan fingerprint density at radius 3 is 1.71 bits per heavy atom. The molecule has 4 heterocycles. The highest BCUT2D eigenvalue weighted by atomic mass is 16.8. The van der Waals surface area contributed by atoms with Crippen LogP contribution in [-0.2, 0) is 37.9 Å². The quantitative estimate of drug-likeness (QED) is 0.0687. The minimum atomic E-state index is -1.92. The van der Waals surface area contributed by atoms with E-state index in [4.69, 9.17) is 37.9 Å². The standard InChI is InChI=1S/C54H92O23/c1-23(24-15-16-52(6)33-12-10-25-26(54(33,8)34(61)18-53(24,52)7)11-14-35(50(25,2)3)74-47-41(66)39(64)37(62)30(20-56)71-47)9-13-36(51(4,5)69)75-49-45(77-48-42(67)40(65)38(63)31(21-57)72-48)43(68)44(32(22-58)73-49)76-46-28(60)17-27(59)29(19-55)70-46/h10,23-24,26-49,55-69H,9,11-22H2,1-8H3/t23-,24?,26?,27+,28-,29-,30-,31-,32-,33?,34-,35+,36-,37-,38-,39+,40+,41-,42-,43+,44-,45-,46-,47+,48+,49+,52+,53-,54+/m1/s1. The van der Waals surface area contributed by atoms with Crippen LogP contribution in [0.3, 0.4) is 0 Å². The highest BCUT2D eigenvalue weighted by molar-refractivity contribution is 5.32. The van der Waals surface area contributed by atoms with Gasteiger partial charge in [-0.15, -0.1) is 0 Å². The summed E-state index contributed by atoms with van der Waals surface area (Å²) in [7, 11) is 0. The summed E-state index contributed by atoms with van der Waals surface area (Å²) in [6.45, 7) is 13.6. The first kappa shape index (κ1) is 61.9. The molecule has 0 bridgehead atoms. The van der Waals surface area contributed by atoms with Crippen LogP contribution in [0.4, 0.5) is 0 Å². The number of rotatable bonds is 17. The fraction of sp³-hybridized carbons (Fsp3) is 0.963. The maximum absolute atomic E-state index is 12.7. The Morgan fingerprint density at radius 1 is 0.597 bits per heavy atom. The van der Waals surface area contributed by atoms with Crippen molar-refractivity contribution in [1.82, 2.24) is 0 Å². The van der Waals surface area contributed by atoms with Gasteiger partial charge in [0.25, 0.3) is 0 Å². The SMILES string of the molecule is C[C@H](CC[C@@H](O[C@@H]1O[C@H](CO)[C@@H](O[C@H]2O[C@H](CO)[C@@H](O)C[C@H]2O)[C@H](O)[C@H]1O[C@@H]1O[C@H](CO)[C@@H](O)[C@H](O)[C@H]1O)C(C)(C)O)C1CC[C@@]2(C)C3CC=C4C(CC[C@H](O[C@@H]5O[C@H](CO)[C@@H](O)[C@H](O)[C@H]5O)C4(C)C)[C@]3(C)[C@H](O)C[C@]12C. The van der Waals surface area contributed by atoms with E-state index in [2.05, 4.69) is 47.6 Å². The fourth-order valence-corrected chi connectivity index (χ4v) is 15.7.